The van der Waals surface area contributed by atoms with E-state index in [-0.39, 0.29) is 23.7 Å². The van der Waals surface area contributed by atoms with Crippen LogP contribution in [0.2, 0.25) is 0 Å². The lowest BCUT2D eigenvalue weighted by atomic mass is 10.00. The predicted octanol–water partition coefficient (Wildman–Crippen LogP) is 2.64. The first-order valence-corrected chi connectivity index (χ1v) is 10.1. The van der Waals surface area contributed by atoms with Crippen molar-refractivity contribution in [3.8, 4) is 0 Å². The number of ketones is 1. The number of para-hydroxylation sites is 2. The van der Waals surface area contributed by atoms with Crippen molar-refractivity contribution in [1.82, 2.24) is 5.32 Å². The largest absolute Gasteiger partial charge is 0.357 e. The Balaban J connectivity index is 1.63. The number of nitrogens with one attached hydrogen (secondary N) is 1. The van der Waals surface area contributed by atoms with Gasteiger partial charge in [0, 0.05) is 44.6 Å². The molecule has 0 radical (unpaired) electrons. The van der Waals surface area contributed by atoms with E-state index >= 15 is 0 Å². The summed E-state index contributed by atoms with van der Waals surface area (Å²) in [5.41, 5.74) is 2.63. The fraction of sp³-hybridized carbons (Fsp3) is 0.348. The molecule has 6 heteroatoms. The first-order chi connectivity index (χ1) is 14.1. The van der Waals surface area contributed by atoms with Crippen molar-refractivity contribution in [2.45, 2.75) is 25.8 Å². The van der Waals surface area contributed by atoms with E-state index in [9.17, 15) is 9.59 Å². The molecule has 6 nitrogen and oxygen atoms in total. The molecule has 2 aliphatic heterocycles. The molecule has 2 heterocycles. The molecule has 150 valence electrons. The number of hydrogen-bond donors (Lipinski definition) is 1. The van der Waals surface area contributed by atoms with E-state index in [1.807, 2.05) is 67.7 Å². The van der Waals surface area contributed by atoms with Crippen LogP contribution >= 0.6 is 0 Å². The van der Waals surface area contributed by atoms with Crippen LogP contribution in [0.15, 0.2) is 59.7 Å². The molecule has 0 spiro atoms. The van der Waals surface area contributed by atoms with Gasteiger partial charge in [-0.05, 0) is 17.7 Å². The minimum atomic E-state index is -0.284. The molecule has 29 heavy (non-hydrogen) atoms. The zero-order chi connectivity index (χ0) is 20.2. The minimum Gasteiger partial charge on any atom is -0.357 e. The van der Waals surface area contributed by atoms with Crippen LogP contribution in [0.4, 0.5) is 11.4 Å². The Kier molecular flexibility index (Phi) is 5.71. The van der Waals surface area contributed by atoms with Crippen LogP contribution in [0.25, 0.3) is 0 Å². The summed E-state index contributed by atoms with van der Waals surface area (Å²) in [6, 6.07) is 17.3. The van der Waals surface area contributed by atoms with Gasteiger partial charge in [0.25, 0.3) is 0 Å². The average molecular weight is 390 g/mol. The molecule has 1 amide bonds. The second-order valence-corrected chi connectivity index (χ2v) is 7.68. The number of Topliss-reactive ketones (excluding diaryl/α,β-unsaturated/α-hetero) is 1. The average Bonchev–Trinajstić information content (AvgIpc) is 2.74. The van der Waals surface area contributed by atoms with Crippen molar-refractivity contribution in [3.63, 3.8) is 0 Å². The highest BCUT2D eigenvalue weighted by Crippen LogP contribution is 2.33. The number of carbonyl (C=O) groups excluding carboxylic acids is 2. The minimum absolute atomic E-state index is 0.0188. The molecular weight excluding hydrogens is 364 g/mol. The standard InChI is InChI=1S/C23H26N4O2/c1-17-13-23(29)27(25-15-17)20-10-6-5-9-19(20)26-12-11-24-16-21(26)22(28)14-18-7-3-2-4-8-18/h2-10,15,17,21,24H,11-14,16H2,1H3/t17-,21+/m0/s1. The SMILES string of the molecule is C[C@@H]1C=NN(c2ccccc2N2CCNC[C@@H]2C(=O)Cc2ccccc2)C(=O)C1. The summed E-state index contributed by atoms with van der Waals surface area (Å²) in [5.74, 6) is 0.292. The van der Waals surface area contributed by atoms with Gasteiger partial charge in [0.2, 0.25) is 5.91 Å². The van der Waals surface area contributed by atoms with Gasteiger partial charge in [0.05, 0.1) is 11.4 Å². The van der Waals surface area contributed by atoms with E-state index in [2.05, 4.69) is 15.3 Å². The molecular formula is C23H26N4O2. The lowest BCUT2D eigenvalue weighted by Gasteiger charge is -2.39. The molecule has 2 aliphatic rings. The van der Waals surface area contributed by atoms with E-state index in [0.717, 1.165) is 23.5 Å². The highest BCUT2D eigenvalue weighted by Gasteiger charge is 2.32. The van der Waals surface area contributed by atoms with E-state index in [4.69, 9.17) is 0 Å². The topological polar surface area (TPSA) is 65.0 Å². The third-order valence-electron chi connectivity index (χ3n) is 5.43. The quantitative estimate of drug-likeness (QED) is 0.852. The zero-order valence-electron chi connectivity index (χ0n) is 16.6. The molecule has 2 aromatic carbocycles. The fourth-order valence-electron chi connectivity index (χ4n) is 3.94. The lowest BCUT2D eigenvalue weighted by molar-refractivity contribution is -0.120. The summed E-state index contributed by atoms with van der Waals surface area (Å²) in [4.78, 5) is 27.9. The van der Waals surface area contributed by atoms with Crippen molar-refractivity contribution >= 4 is 29.3 Å². The maximum atomic E-state index is 13.2. The fourth-order valence-corrected chi connectivity index (χ4v) is 3.94. The van der Waals surface area contributed by atoms with Gasteiger partial charge in [-0.3, -0.25) is 9.59 Å². The van der Waals surface area contributed by atoms with Crippen molar-refractivity contribution in [3.05, 3.63) is 60.2 Å². The van der Waals surface area contributed by atoms with Crippen molar-refractivity contribution in [2.75, 3.05) is 29.5 Å². The van der Waals surface area contributed by atoms with E-state index < -0.39 is 0 Å². The first kappa shape index (κ1) is 19.3. The van der Waals surface area contributed by atoms with Crippen molar-refractivity contribution in [2.24, 2.45) is 11.0 Å². The van der Waals surface area contributed by atoms with Gasteiger partial charge in [-0.2, -0.15) is 10.1 Å². The van der Waals surface area contributed by atoms with Crippen LogP contribution < -0.4 is 15.2 Å². The van der Waals surface area contributed by atoms with Gasteiger partial charge in [0.1, 0.15) is 6.04 Å². The van der Waals surface area contributed by atoms with Gasteiger partial charge in [0.15, 0.2) is 5.78 Å². The van der Waals surface area contributed by atoms with Crippen LogP contribution in [0.3, 0.4) is 0 Å². The van der Waals surface area contributed by atoms with Crippen molar-refractivity contribution < 1.29 is 9.59 Å². The third kappa shape index (κ3) is 4.22. The number of anilines is 2. The molecule has 0 aliphatic carbocycles. The molecule has 0 unspecified atom stereocenters. The number of piperazine rings is 1. The molecule has 1 fully saturated rings. The van der Waals surface area contributed by atoms with Gasteiger partial charge < -0.3 is 10.2 Å². The molecule has 0 aromatic heterocycles. The van der Waals surface area contributed by atoms with E-state index in [0.29, 0.717) is 25.9 Å². The predicted molar refractivity (Wildman–Crippen MR) is 115 cm³/mol. The summed E-state index contributed by atoms with van der Waals surface area (Å²) >= 11 is 0. The van der Waals surface area contributed by atoms with Gasteiger partial charge in [-0.15, -0.1) is 0 Å². The van der Waals surface area contributed by atoms with E-state index in [1.165, 1.54) is 5.01 Å². The van der Waals surface area contributed by atoms with Crippen LogP contribution in [-0.2, 0) is 16.0 Å². The number of hydrazone groups is 1. The number of rotatable bonds is 5. The number of nitrogens with zero attached hydrogens (tertiary/aromatic N) is 3. The Morgan fingerprint density at radius 1 is 1.10 bits per heavy atom. The number of amides is 1. The summed E-state index contributed by atoms with van der Waals surface area (Å²) in [7, 11) is 0. The van der Waals surface area contributed by atoms with Gasteiger partial charge in [-0.25, -0.2) is 0 Å². The molecule has 1 saturated heterocycles. The Morgan fingerprint density at radius 2 is 1.83 bits per heavy atom. The van der Waals surface area contributed by atoms with Crippen LogP contribution in [-0.4, -0.2) is 43.6 Å². The monoisotopic (exact) mass is 390 g/mol. The smallest absolute Gasteiger partial charge is 0.248 e. The summed E-state index contributed by atoms with van der Waals surface area (Å²) in [6.07, 6.45) is 2.65. The highest BCUT2D eigenvalue weighted by atomic mass is 16.2. The Morgan fingerprint density at radius 3 is 2.59 bits per heavy atom. The highest BCUT2D eigenvalue weighted by molar-refractivity contribution is 6.01. The first-order valence-electron chi connectivity index (χ1n) is 10.1. The Hall–Kier alpha value is -2.99. The number of carbonyl (C=O) groups is 2. The Labute approximate surface area is 171 Å². The molecule has 0 saturated carbocycles. The number of hydrogen-bond acceptors (Lipinski definition) is 5. The van der Waals surface area contributed by atoms with Gasteiger partial charge >= 0.3 is 0 Å². The lowest BCUT2D eigenvalue weighted by Crippen LogP contribution is -2.56. The molecule has 2 aromatic rings. The van der Waals surface area contributed by atoms with E-state index in [1.54, 1.807) is 0 Å². The third-order valence-corrected chi connectivity index (χ3v) is 5.43. The second-order valence-electron chi connectivity index (χ2n) is 7.68. The molecule has 0 bridgehead atoms. The normalized spacial score (nSPS) is 22.0. The number of benzene rings is 2. The molecule has 1 N–H and O–H groups in total. The summed E-state index contributed by atoms with van der Waals surface area (Å²) in [6.45, 7) is 4.07. The van der Waals surface area contributed by atoms with Crippen molar-refractivity contribution in [1.29, 1.82) is 0 Å². The van der Waals surface area contributed by atoms with Gasteiger partial charge in [-0.1, -0.05) is 49.4 Å². The summed E-state index contributed by atoms with van der Waals surface area (Å²) < 4.78 is 0. The maximum absolute atomic E-state index is 13.2. The second kappa shape index (κ2) is 8.57. The zero-order valence-corrected chi connectivity index (χ0v) is 16.6. The molecule has 2 atom stereocenters. The Bertz CT molecular complexity index is 912. The summed E-state index contributed by atoms with van der Waals surface area (Å²) in [5, 5.41) is 9.21. The van der Waals surface area contributed by atoms with Crippen LogP contribution in [0.5, 0.6) is 0 Å². The van der Waals surface area contributed by atoms with Crippen LogP contribution in [0, 0.1) is 5.92 Å². The van der Waals surface area contributed by atoms with Crippen LogP contribution in [0.1, 0.15) is 18.9 Å². The maximum Gasteiger partial charge on any atom is 0.248 e. The molecule has 4 rings (SSSR count).